The second kappa shape index (κ2) is 5.13. The second-order valence-electron chi connectivity index (χ2n) is 3.36. The summed E-state index contributed by atoms with van der Waals surface area (Å²) in [5.74, 6) is -1.55. The third-order valence-corrected chi connectivity index (χ3v) is 2.18. The van der Waals surface area contributed by atoms with Crippen molar-refractivity contribution in [2.24, 2.45) is 0 Å². The molecule has 1 aromatic rings. The molecular formula is C10H9F4NO2. The fraction of sp³-hybridized carbons (Fsp3) is 0.300. The van der Waals surface area contributed by atoms with Crippen LogP contribution < -0.4 is 5.54 Å². The number of hydrogen-bond donors (Lipinski definition) is 2. The van der Waals surface area contributed by atoms with Gasteiger partial charge in [-0.25, -0.2) is 0 Å². The van der Waals surface area contributed by atoms with Gasteiger partial charge in [0.25, 0.3) is 0 Å². The van der Waals surface area contributed by atoms with E-state index in [9.17, 15) is 22.4 Å². The summed E-state index contributed by atoms with van der Waals surface area (Å²) in [5.41, 5.74) is -0.261. The molecule has 0 radical (unpaired) electrons. The number of carbonyl (C=O) groups is 1. The zero-order valence-electron chi connectivity index (χ0n) is 8.46. The lowest BCUT2D eigenvalue weighted by molar-refractivity contribution is -0.142. The highest BCUT2D eigenvalue weighted by Gasteiger charge is 2.34. The van der Waals surface area contributed by atoms with Crippen LogP contribution in [0.2, 0.25) is 0 Å². The highest BCUT2D eigenvalue weighted by Crippen LogP contribution is 2.32. The minimum Gasteiger partial charge on any atom is -0.480 e. The summed E-state index contributed by atoms with van der Waals surface area (Å²) >= 11 is 0. The molecular weight excluding hydrogens is 242 g/mol. The molecule has 0 spiro atoms. The predicted octanol–water partition coefficient (Wildman–Crippen LogP) is 2.18. The van der Waals surface area contributed by atoms with Gasteiger partial charge in [0, 0.05) is 6.42 Å². The lowest BCUT2D eigenvalue weighted by atomic mass is 10.0. The van der Waals surface area contributed by atoms with Crippen LogP contribution >= 0.6 is 0 Å². The van der Waals surface area contributed by atoms with Gasteiger partial charge in [-0.2, -0.15) is 13.2 Å². The smallest absolute Gasteiger partial charge is 0.416 e. The summed E-state index contributed by atoms with van der Waals surface area (Å²) in [6, 6.07) is 2.77. The minimum absolute atomic E-state index is 0.266. The van der Waals surface area contributed by atoms with Crippen LogP contribution in [-0.4, -0.2) is 17.1 Å². The molecule has 0 saturated carbocycles. The molecule has 3 nitrogen and oxygen atoms in total. The molecule has 0 bridgehead atoms. The molecule has 0 aliphatic rings. The first-order chi connectivity index (χ1) is 7.86. The number of alkyl halides is 3. The summed E-state index contributed by atoms with van der Waals surface area (Å²) in [5, 5.41) is 8.54. The lowest BCUT2D eigenvalue weighted by Gasteiger charge is -2.14. The van der Waals surface area contributed by atoms with Gasteiger partial charge in [-0.15, -0.1) is 10.0 Å². The normalized spacial score (nSPS) is 13.4. The number of carboxylic acid groups (broad SMARTS) is 1. The molecule has 94 valence electrons. The van der Waals surface area contributed by atoms with Crippen molar-refractivity contribution in [3.63, 3.8) is 0 Å². The number of nitrogens with one attached hydrogen (secondary N) is 1. The average molecular weight is 251 g/mol. The van der Waals surface area contributed by atoms with E-state index >= 15 is 0 Å². The number of halogens is 4. The van der Waals surface area contributed by atoms with Crippen molar-refractivity contribution in [2.75, 3.05) is 0 Å². The fourth-order valence-electron chi connectivity index (χ4n) is 1.37. The van der Waals surface area contributed by atoms with E-state index in [-0.39, 0.29) is 5.56 Å². The Morgan fingerprint density at radius 2 is 1.94 bits per heavy atom. The first-order valence-electron chi connectivity index (χ1n) is 4.60. The predicted molar refractivity (Wildman–Crippen MR) is 50.8 cm³/mol. The quantitative estimate of drug-likeness (QED) is 0.637. The lowest BCUT2D eigenvalue weighted by Crippen LogP contribution is -2.34. The topological polar surface area (TPSA) is 49.3 Å². The van der Waals surface area contributed by atoms with Gasteiger partial charge in [-0.05, 0) is 11.6 Å². The van der Waals surface area contributed by atoms with Crippen molar-refractivity contribution in [2.45, 2.75) is 18.6 Å². The Hall–Kier alpha value is -1.63. The molecule has 0 heterocycles. The Bertz CT molecular complexity index is 406. The van der Waals surface area contributed by atoms with Crippen LogP contribution in [-0.2, 0) is 17.4 Å². The van der Waals surface area contributed by atoms with Gasteiger partial charge in [0.05, 0.1) is 5.56 Å². The number of rotatable bonds is 4. The molecule has 1 atom stereocenters. The number of benzene rings is 1. The molecule has 0 aliphatic heterocycles. The van der Waals surface area contributed by atoms with Crippen molar-refractivity contribution >= 4 is 5.97 Å². The van der Waals surface area contributed by atoms with E-state index in [0.29, 0.717) is 0 Å². The van der Waals surface area contributed by atoms with Crippen molar-refractivity contribution in [1.29, 1.82) is 0 Å². The first kappa shape index (κ1) is 13.4. The van der Waals surface area contributed by atoms with E-state index in [2.05, 4.69) is 0 Å². The van der Waals surface area contributed by atoms with E-state index in [1.165, 1.54) is 12.1 Å². The highest BCUT2D eigenvalue weighted by atomic mass is 19.4. The van der Waals surface area contributed by atoms with Crippen molar-refractivity contribution in [1.82, 2.24) is 5.54 Å². The zero-order chi connectivity index (χ0) is 13.1. The van der Waals surface area contributed by atoms with E-state index < -0.39 is 30.2 Å². The molecule has 0 fully saturated rings. The summed E-state index contributed by atoms with van der Waals surface area (Å²) in [6.07, 6.45) is -5.17. The number of carboxylic acids is 1. The molecule has 1 aromatic carbocycles. The van der Waals surface area contributed by atoms with Crippen LogP contribution in [0.1, 0.15) is 11.1 Å². The standard InChI is InChI=1S/C10H9F4NO2/c11-10(12,13)7-4-2-1-3-6(7)5-8(15-14)9(16)17/h1-4,8,15H,5H2,(H,16,17)/t8-/m0/s1. The third kappa shape index (κ3) is 3.42. The first-order valence-corrected chi connectivity index (χ1v) is 4.60. The minimum atomic E-state index is -4.59. The van der Waals surface area contributed by atoms with Gasteiger partial charge in [-0.3, -0.25) is 4.79 Å². The maximum Gasteiger partial charge on any atom is 0.416 e. The molecule has 0 aliphatic carbocycles. The monoisotopic (exact) mass is 251 g/mol. The third-order valence-electron chi connectivity index (χ3n) is 2.18. The van der Waals surface area contributed by atoms with Crippen LogP contribution in [0.15, 0.2) is 24.3 Å². The maximum absolute atomic E-state index is 12.5. The molecule has 17 heavy (non-hydrogen) atoms. The molecule has 2 N–H and O–H groups in total. The van der Waals surface area contributed by atoms with Gasteiger partial charge >= 0.3 is 12.1 Å². The molecule has 0 unspecified atom stereocenters. The Morgan fingerprint density at radius 3 is 2.41 bits per heavy atom. The Balaban J connectivity index is 3.02. The zero-order valence-corrected chi connectivity index (χ0v) is 8.46. The summed E-state index contributed by atoms with van der Waals surface area (Å²) in [6.45, 7) is 0. The molecule has 0 aromatic heterocycles. The van der Waals surface area contributed by atoms with Crippen LogP contribution in [0.25, 0.3) is 0 Å². The van der Waals surface area contributed by atoms with Crippen molar-refractivity contribution < 1.29 is 27.6 Å². The van der Waals surface area contributed by atoms with Crippen LogP contribution in [0, 0.1) is 0 Å². The van der Waals surface area contributed by atoms with Crippen molar-refractivity contribution in [3.8, 4) is 0 Å². The summed E-state index contributed by atoms with van der Waals surface area (Å²) < 4.78 is 49.7. The number of aliphatic carboxylic acids is 1. The maximum atomic E-state index is 12.5. The van der Waals surface area contributed by atoms with Crippen LogP contribution in [0.4, 0.5) is 17.7 Å². The molecule has 0 amide bonds. The van der Waals surface area contributed by atoms with Gasteiger partial charge in [0.1, 0.15) is 6.04 Å². The molecule has 7 heteroatoms. The van der Waals surface area contributed by atoms with Crippen LogP contribution in [0.3, 0.4) is 0 Å². The van der Waals surface area contributed by atoms with E-state index in [0.717, 1.165) is 17.7 Å². The van der Waals surface area contributed by atoms with E-state index in [1.807, 2.05) is 0 Å². The van der Waals surface area contributed by atoms with Gasteiger partial charge in [-0.1, -0.05) is 18.2 Å². The highest BCUT2D eigenvalue weighted by molar-refractivity contribution is 5.73. The summed E-state index contributed by atoms with van der Waals surface area (Å²) in [7, 11) is 0. The van der Waals surface area contributed by atoms with Gasteiger partial charge in [0.2, 0.25) is 0 Å². The Kier molecular flexibility index (Phi) is 4.06. The fourth-order valence-corrected chi connectivity index (χ4v) is 1.37. The summed E-state index contributed by atoms with van der Waals surface area (Å²) in [4.78, 5) is 10.5. The molecule has 1 rings (SSSR count). The average Bonchev–Trinajstić information content (AvgIpc) is 2.24. The largest absolute Gasteiger partial charge is 0.480 e. The van der Waals surface area contributed by atoms with Crippen molar-refractivity contribution in [3.05, 3.63) is 35.4 Å². The van der Waals surface area contributed by atoms with E-state index in [1.54, 1.807) is 0 Å². The van der Waals surface area contributed by atoms with Gasteiger partial charge in [0.15, 0.2) is 0 Å². The van der Waals surface area contributed by atoms with Crippen LogP contribution in [0.5, 0.6) is 0 Å². The van der Waals surface area contributed by atoms with E-state index in [4.69, 9.17) is 5.11 Å². The van der Waals surface area contributed by atoms with Gasteiger partial charge < -0.3 is 5.11 Å². The Labute approximate surface area is 94.0 Å². The number of hydrogen-bond acceptors (Lipinski definition) is 2. The second-order valence-corrected chi connectivity index (χ2v) is 3.36. The Morgan fingerprint density at radius 1 is 1.35 bits per heavy atom. The SMILES string of the molecule is O=C(O)[C@H](Cc1ccccc1C(F)(F)F)NF. The molecule has 0 saturated heterocycles.